The van der Waals surface area contributed by atoms with E-state index in [-0.39, 0.29) is 18.6 Å². The van der Waals surface area contributed by atoms with Crippen molar-refractivity contribution in [1.82, 2.24) is 0 Å². The molecule has 0 aliphatic carbocycles. The highest BCUT2D eigenvalue weighted by Gasteiger charge is 2.50. The topological polar surface area (TPSA) is 78.8 Å². The summed E-state index contributed by atoms with van der Waals surface area (Å²) in [4.78, 5) is 10.5. The summed E-state index contributed by atoms with van der Waals surface area (Å²) in [5.41, 5.74) is 0. The van der Waals surface area contributed by atoms with Gasteiger partial charge in [0.15, 0.2) is 0 Å². The Labute approximate surface area is 155 Å². The van der Waals surface area contributed by atoms with Crippen LogP contribution in [0, 0.1) is 11.8 Å². The SMILES string of the molecule is CCCCCC[S+]([O-])CC1C2CCC(O2)C1COCCCCC(=O)O. The number of rotatable bonds is 14. The summed E-state index contributed by atoms with van der Waals surface area (Å²) in [5, 5.41) is 8.64. The number of hydrogen-bond donors (Lipinski definition) is 1. The zero-order chi connectivity index (χ0) is 18.1. The molecule has 1 N–H and O–H groups in total. The molecule has 0 aromatic rings. The first-order valence-corrected chi connectivity index (χ1v) is 11.4. The van der Waals surface area contributed by atoms with Crippen molar-refractivity contribution in [3.05, 3.63) is 0 Å². The van der Waals surface area contributed by atoms with E-state index < -0.39 is 17.1 Å². The molecule has 146 valence electrons. The van der Waals surface area contributed by atoms with Crippen molar-refractivity contribution >= 4 is 17.1 Å². The van der Waals surface area contributed by atoms with E-state index in [2.05, 4.69) is 6.92 Å². The van der Waals surface area contributed by atoms with Gasteiger partial charge in [-0.1, -0.05) is 30.9 Å². The van der Waals surface area contributed by atoms with Crippen LogP contribution in [0.15, 0.2) is 0 Å². The summed E-state index contributed by atoms with van der Waals surface area (Å²) in [5.74, 6) is 1.54. The first-order valence-electron chi connectivity index (χ1n) is 9.91. The first-order chi connectivity index (χ1) is 12.1. The highest BCUT2D eigenvalue weighted by molar-refractivity contribution is 7.91. The predicted octanol–water partition coefficient (Wildman–Crippen LogP) is 3.38. The van der Waals surface area contributed by atoms with Gasteiger partial charge in [-0.05, 0) is 38.5 Å². The average molecular weight is 375 g/mol. The van der Waals surface area contributed by atoms with Crippen LogP contribution in [-0.4, -0.2) is 52.6 Å². The molecule has 2 bridgehead atoms. The predicted molar refractivity (Wildman–Crippen MR) is 99.2 cm³/mol. The fourth-order valence-electron chi connectivity index (χ4n) is 4.02. The fourth-order valence-corrected chi connectivity index (χ4v) is 5.60. The van der Waals surface area contributed by atoms with E-state index in [9.17, 15) is 9.35 Å². The van der Waals surface area contributed by atoms with Crippen LogP contribution in [0.5, 0.6) is 0 Å². The quantitative estimate of drug-likeness (QED) is 0.372. The second-order valence-electron chi connectivity index (χ2n) is 7.42. The van der Waals surface area contributed by atoms with Gasteiger partial charge >= 0.3 is 5.97 Å². The van der Waals surface area contributed by atoms with Gasteiger partial charge in [0, 0.05) is 24.9 Å². The molecule has 0 amide bonds. The maximum Gasteiger partial charge on any atom is 0.303 e. The van der Waals surface area contributed by atoms with E-state index in [1.54, 1.807) is 0 Å². The highest BCUT2D eigenvalue weighted by Crippen LogP contribution is 2.44. The number of unbranched alkanes of at least 4 members (excludes halogenated alkanes) is 4. The Hall–Kier alpha value is -0.300. The molecule has 25 heavy (non-hydrogen) atoms. The molecule has 2 aliphatic rings. The normalized spacial score (nSPS) is 29.2. The summed E-state index contributed by atoms with van der Waals surface area (Å²) in [6.07, 6.45) is 9.05. The molecule has 0 saturated carbocycles. The molecule has 2 fully saturated rings. The Morgan fingerprint density at radius 3 is 2.64 bits per heavy atom. The molecule has 6 heteroatoms. The van der Waals surface area contributed by atoms with Crippen molar-refractivity contribution in [3.8, 4) is 0 Å². The number of carboxylic acids is 1. The van der Waals surface area contributed by atoms with Gasteiger partial charge in [-0.3, -0.25) is 4.79 Å². The molecular weight excluding hydrogens is 340 g/mol. The Bertz CT molecular complexity index is 392. The van der Waals surface area contributed by atoms with Crippen LogP contribution in [0.2, 0.25) is 0 Å². The number of aliphatic carboxylic acids is 1. The smallest absolute Gasteiger partial charge is 0.303 e. The second kappa shape index (κ2) is 11.4. The van der Waals surface area contributed by atoms with E-state index >= 15 is 0 Å². The van der Waals surface area contributed by atoms with Crippen molar-refractivity contribution in [2.75, 3.05) is 24.7 Å². The monoisotopic (exact) mass is 374 g/mol. The maximum atomic E-state index is 12.4. The first kappa shape index (κ1) is 21.0. The van der Waals surface area contributed by atoms with Crippen molar-refractivity contribution < 1.29 is 23.9 Å². The van der Waals surface area contributed by atoms with Gasteiger partial charge in [0.05, 0.1) is 18.8 Å². The third-order valence-corrected chi connectivity index (χ3v) is 6.93. The zero-order valence-corrected chi connectivity index (χ0v) is 16.3. The number of ether oxygens (including phenoxy) is 2. The van der Waals surface area contributed by atoms with E-state index in [0.717, 1.165) is 37.2 Å². The summed E-state index contributed by atoms with van der Waals surface area (Å²) in [7, 11) is 0. The van der Waals surface area contributed by atoms with Gasteiger partial charge in [0.25, 0.3) is 0 Å². The third-order valence-electron chi connectivity index (χ3n) is 5.43. The van der Waals surface area contributed by atoms with E-state index in [4.69, 9.17) is 14.6 Å². The lowest BCUT2D eigenvalue weighted by Gasteiger charge is -2.28. The lowest BCUT2D eigenvalue weighted by atomic mass is 9.81. The zero-order valence-electron chi connectivity index (χ0n) is 15.5. The van der Waals surface area contributed by atoms with Gasteiger partial charge in [-0.25, -0.2) is 0 Å². The summed E-state index contributed by atoms with van der Waals surface area (Å²) >= 11 is -0.752. The average Bonchev–Trinajstić information content (AvgIpc) is 3.17. The van der Waals surface area contributed by atoms with Crippen molar-refractivity contribution in [2.24, 2.45) is 11.8 Å². The minimum absolute atomic E-state index is 0.209. The minimum atomic E-state index is -0.752. The molecule has 2 rings (SSSR count). The number of fused-ring (bicyclic) bond motifs is 2. The molecule has 2 saturated heterocycles. The molecule has 0 spiro atoms. The van der Waals surface area contributed by atoms with E-state index in [0.29, 0.717) is 31.5 Å². The Morgan fingerprint density at radius 2 is 1.92 bits per heavy atom. The molecule has 5 nitrogen and oxygen atoms in total. The van der Waals surface area contributed by atoms with Crippen LogP contribution >= 0.6 is 0 Å². The molecular formula is C19H34O5S. The number of hydrogen-bond acceptors (Lipinski definition) is 4. The number of carbonyl (C=O) groups is 1. The van der Waals surface area contributed by atoms with Crippen molar-refractivity contribution in [2.45, 2.75) is 76.9 Å². The maximum absolute atomic E-state index is 12.4. The third kappa shape index (κ3) is 7.08. The Balaban J connectivity index is 1.66. The van der Waals surface area contributed by atoms with Gasteiger partial charge in [0.1, 0.15) is 11.5 Å². The lowest BCUT2D eigenvalue weighted by Crippen LogP contribution is -2.36. The fraction of sp³-hybridized carbons (Fsp3) is 0.947. The van der Waals surface area contributed by atoms with Crippen molar-refractivity contribution in [1.29, 1.82) is 0 Å². The van der Waals surface area contributed by atoms with Crippen molar-refractivity contribution in [3.63, 3.8) is 0 Å². The molecule has 0 radical (unpaired) electrons. The summed E-state index contributed by atoms with van der Waals surface area (Å²) in [6, 6.07) is 0. The van der Waals surface area contributed by atoms with Gasteiger partial charge in [-0.2, -0.15) is 0 Å². The summed E-state index contributed by atoms with van der Waals surface area (Å²) < 4.78 is 24.3. The molecule has 0 aromatic carbocycles. The van der Waals surface area contributed by atoms with E-state index in [1.165, 1.54) is 19.3 Å². The van der Waals surface area contributed by atoms with Gasteiger partial charge in [0.2, 0.25) is 0 Å². The molecule has 5 atom stereocenters. The van der Waals surface area contributed by atoms with Crippen LogP contribution in [0.1, 0.15) is 64.7 Å². The van der Waals surface area contributed by atoms with Crippen LogP contribution in [0.3, 0.4) is 0 Å². The molecule has 5 unspecified atom stereocenters. The van der Waals surface area contributed by atoms with Crippen LogP contribution in [0.4, 0.5) is 0 Å². The highest BCUT2D eigenvalue weighted by atomic mass is 32.2. The minimum Gasteiger partial charge on any atom is -0.616 e. The summed E-state index contributed by atoms with van der Waals surface area (Å²) in [6.45, 7) is 3.45. The van der Waals surface area contributed by atoms with Crippen LogP contribution < -0.4 is 0 Å². The Kier molecular flexibility index (Phi) is 9.60. The Morgan fingerprint density at radius 1 is 1.16 bits per heavy atom. The molecule has 2 heterocycles. The molecule has 2 aliphatic heterocycles. The van der Waals surface area contributed by atoms with Crippen LogP contribution in [-0.2, 0) is 25.4 Å². The van der Waals surface area contributed by atoms with Gasteiger partial charge < -0.3 is 19.1 Å². The molecule has 0 aromatic heterocycles. The largest absolute Gasteiger partial charge is 0.616 e. The number of carboxylic acid groups (broad SMARTS) is 1. The van der Waals surface area contributed by atoms with Crippen LogP contribution in [0.25, 0.3) is 0 Å². The lowest BCUT2D eigenvalue weighted by molar-refractivity contribution is -0.137. The van der Waals surface area contributed by atoms with Gasteiger partial charge in [-0.15, -0.1) is 0 Å². The standard InChI is InChI=1S/C19H34O5S/c1-2-3-4-7-12-25(22)14-16-15(17-9-10-18(16)24-17)13-23-11-6-5-8-19(20)21/h15-18H,2-14H2,1H3,(H,20,21). The second-order valence-corrected chi connectivity index (χ2v) is 9.04. The van der Waals surface area contributed by atoms with E-state index in [1.807, 2.05) is 0 Å².